The summed E-state index contributed by atoms with van der Waals surface area (Å²) < 4.78 is 6.51. The fourth-order valence-corrected chi connectivity index (χ4v) is 22.6. The number of aromatic nitrogens is 4. The lowest BCUT2D eigenvalue weighted by molar-refractivity contribution is 0.382. The van der Waals surface area contributed by atoms with E-state index < -0.39 is 0 Å². The quantitative estimate of drug-likeness (QED) is 0.0207. The molecule has 120 heavy (non-hydrogen) atoms. The zero-order chi connectivity index (χ0) is 83.8. The molecular weight excluding hydrogens is 1480 g/mol. The van der Waals surface area contributed by atoms with Crippen LogP contribution in [0.5, 0.6) is 0 Å². The van der Waals surface area contributed by atoms with E-state index in [-0.39, 0.29) is 68.6 Å². The number of hydrogen-bond acceptors (Lipinski definition) is 8. The largest absolute Gasteiger partial charge is 0.271 e. The smallest absolute Gasteiger partial charge is 0.261 e. The van der Waals surface area contributed by atoms with E-state index in [4.69, 9.17) is 0 Å². The van der Waals surface area contributed by atoms with Crippen LogP contribution in [0, 0.1) is 0 Å². The van der Waals surface area contributed by atoms with Gasteiger partial charge in [-0.3, -0.25) is 56.6 Å². The zero-order valence-electron chi connectivity index (χ0n) is 74.2. The lowest BCUT2D eigenvalue weighted by Crippen LogP contribution is -2.37. The molecule has 0 amide bonds. The second kappa shape index (κ2) is 39.3. The van der Waals surface area contributed by atoms with Crippen molar-refractivity contribution in [2.75, 3.05) is 0 Å². The molecule has 0 fully saturated rings. The minimum atomic E-state index is -0.364. The highest BCUT2D eigenvalue weighted by Gasteiger charge is 2.34. The fourth-order valence-electron chi connectivity index (χ4n) is 22.6. The molecule has 0 aliphatic rings. The summed E-state index contributed by atoms with van der Waals surface area (Å²) in [5.41, 5.74) is -2.64. The van der Waals surface area contributed by atoms with Crippen molar-refractivity contribution < 1.29 is 0 Å². The molecule has 0 unspecified atom stereocenters. The molecule has 4 heterocycles. The topological polar surface area (TPSA) is 156 Å². The van der Waals surface area contributed by atoms with Crippen molar-refractivity contribution in [2.45, 2.75) is 388 Å². The van der Waals surface area contributed by atoms with Crippen LogP contribution in [0.15, 0.2) is 111 Å². The molecule has 12 heteroatoms. The molecule has 0 aliphatic carbocycles. The molecule has 12 nitrogen and oxygen atoms in total. The molecule has 0 radical (unpaired) electrons. The minimum Gasteiger partial charge on any atom is -0.271 e. The van der Waals surface area contributed by atoms with E-state index in [1.165, 1.54) is 0 Å². The maximum absolute atomic E-state index is 16.9. The van der Waals surface area contributed by atoms with Gasteiger partial charge in [-0.15, -0.1) is 0 Å². The van der Waals surface area contributed by atoms with Crippen LogP contribution in [-0.2, 0) is 0 Å². The Hall–Kier alpha value is -8.64. The van der Waals surface area contributed by atoms with Gasteiger partial charge in [0.25, 0.3) is 44.5 Å². The van der Waals surface area contributed by atoms with Crippen molar-refractivity contribution in [3.05, 3.63) is 156 Å². The first-order valence-corrected chi connectivity index (χ1v) is 48.8. The van der Waals surface area contributed by atoms with E-state index in [9.17, 15) is 0 Å². The second-order valence-corrected chi connectivity index (χ2v) is 37.2. The van der Waals surface area contributed by atoms with Crippen molar-refractivity contribution in [3.8, 4) is 0 Å². The summed E-state index contributed by atoms with van der Waals surface area (Å²) >= 11 is 0. The monoisotopic (exact) mass is 1620 g/mol. The summed E-state index contributed by atoms with van der Waals surface area (Å²) in [4.78, 5) is 133. The van der Waals surface area contributed by atoms with E-state index in [0.29, 0.717) is 159 Å². The summed E-state index contributed by atoms with van der Waals surface area (Å²) in [7, 11) is 0. The molecule has 0 spiro atoms. The molecule has 0 saturated carbocycles. The lowest BCUT2D eigenvalue weighted by Gasteiger charge is -2.26. The van der Waals surface area contributed by atoms with Crippen molar-refractivity contribution in [1.29, 1.82) is 0 Å². The van der Waals surface area contributed by atoms with E-state index in [1.54, 1.807) is 18.3 Å². The molecule has 0 aliphatic heterocycles. The van der Waals surface area contributed by atoms with Crippen LogP contribution in [0.3, 0.4) is 0 Å². The molecule has 15 rings (SSSR count). The van der Waals surface area contributed by atoms with Gasteiger partial charge in [0.05, 0.1) is 0 Å². The third kappa shape index (κ3) is 16.0. The fraction of sp³-hybridized carbons (Fsp3) is 0.556. The van der Waals surface area contributed by atoms with Gasteiger partial charge >= 0.3 is 0 Å². The van der Waals surface area contributed by atoms with Crippen molar-refractivity contribution in [2.24, 2.45) is 0 Å². The SMILES string of the molecule is CCCCCCCC(CCCCCCC)n1c(=O)c2ccc3c4ccc5c(=O)n(C(CCCCCCC)CCCCCCC)c(=O)c6cc7c8cc9c(=O)n(C(CCCCCCC)CCCCCCC)c(=O)c%10ccc%11c%12ccc%13c(=O)n(C(CCCCCCC)CCCCCCC)c(=O)c%14cc(c%15cc(c1=O)c2c3c%15c7c4c56)c(c%12c%13%14)c8c%11c%109. The summed E-state index contributed by atoms with van der Waals surface area (Å²) in [5, 5.41) is 16.9. The number of benzene rings is 10. The Balaban J connectivity index is 1.16. The molecule has 636 valence electrons. The van der Waals surface area contributed by atoms with Crippen LogP contribution < -0.4 is 44.5 Å². The first kappa shape index (κ1) is 86.3. The third-order valence-corrected chi connectivity index (χ3v) is 29.0. The minimum absolute atomic E-state index is 0.310. The lowest BCUT2D eigenvalue weighted by atomic mass is 9.78. The Morgan fingerprint density at radius 1 is 0.158 bits per heavy atom. The van der Waals surface area contributed by atoms with Gasteiger partial charge in [0.15, 0.2) is 0 Å². The first-order chi connectivity index (χ1) is 58.7. The van der Waals surface area contributed by atoms with Crippen LogP contribution in [-0.4, -0.2) is 18.3 Å². The molecule has 0 atom stereocenters. The Labute approximate surface area is 708 Å². The average molecular weight is 1620 g/mol. The Morgan fingerprint density at radius 3 is 0.450 bits per heavy atom. The van der Waals surface area contributed by atoms with E-state index in [2.05, 4.69) is 79.7 Å². The maximum atomic E-state index is 16.9. The summed E-state index contributed by atoms with van der Waals surface area (Å²) in [6.07, 6.45) is 46.9. The highest BCUT2D eigenvalue weighted by molar-refractivity contribution is 6.53. The molecule has 0 bridgehead atoms. The number of hydrogen-bond donors (Lipinski definition) is 0. The van der Waals surface area contributed by atoms with Gasteiger partial charge in [-0.05, 0) is 186 Å². The van der Waals surface area contributed by atoms with Gasteiger partial charge in [0, 0.05) is 88.8 Å². The number of unbranched alkanes of at least 4 members (excludes halogenated alkanes) is 32. The average Bonchev–Trinajstić information content (AvgIpc) is 0.657. The predicted octanol–water partition coefficient (Wildman–Crippen LogP) is 29.0. The Bertz CT molecular complexity index is 5720. The van der Waals surface area contributed by atoms with Crippen LogP contribution >= 0.6 is 0 Å². The number of rotatable bonds is 52. The number of nitrogens with zero attached hydrogens (tertiary/aromatic N) is 4. The van der Waals surface area contributed by atoms with Crippen molar-refractivity contribution in [1.82, 2.24) is 18.3 Å². The molecular formula is C108H136N4O8. The van der Waals surface area contributed by atoms with Crippen molar-refractivity contribution >= 4 is 151 Å². The van der Waals surface area contributed by atoms with Crippen LogP contribution in [0.2, 0.25) is 0 Å². The van der Waals surface area contributed by atoms with Gasteiger partial charge in [-0.1, -0.05) is 336 Å². The Morgan fingerprint density at radius 2 is 0.292 bits per heavy atom. The van der Waals surface area contributed by atoms with Crippen LogP contribution in [0.4, 0.5) is 0 Å². The molecule has 15 aromatic rings. The Kier molecular flexibility index (Phi) is 28.2. The summed E-state index contributed by atoms with van der Waals surface area (Å²) in [6.45, 7) is 17.8. The number of pyridine rings is 4. The van der Waals surface area contributed by atoms with Gasteiger partial charge in [-0.25, -0.2) is 0 Å². The molecule has 0 N–H and O–H groups in total. The molecule has 4 aromatic heterocycles. The van der Waals surface area contributed by atoms with E-state index in [0.717, 1.165) is 300 Å². The van der Waals surface area contributed by atoms with E-state index in [1.807, 2.05) is 48.5 Å². The summed E-state index contributed by atoms with van der Waals surface area (Å²) in [6, 6.07) is 22.7. The third-order valence-electron chi connectivity index (χ3n) is 29.0. The van der Waals surface area contributed by atoms with Crippen LogP contribution in [0.1, 0.15) is 388 Å². The first-order valence-electron chi connectivity index (χ1n) is 48.8. The standard InChI is InChI=1S/C108H136N4O8/c1-9-17-25-33-41-49-69(50-42-34-26-18-10-2)109-101(113)77-61-57-73-74-58-62-78-91-87(107(119)111(102(78)114)71(53-45-37-29-21-13-5)54-46-38-30-22-14-6)67-83-84-68-88-92-80(104(116)112(108(88)120)72(55-47-39-31-23-15-7)56-48-40-32-24-16-8)64-60-76-75-59-63-79-90-86(106(118)110(103(79)115)70(51-43-35-27-19-11-3)52-44-36-28-20-12-4)66-82(98(95(75)90)100(84)96(76)92)81-65-85(105(109)117)89(77)93(73)97(81)99(83)94(74)91/h57-72H,9-56H2,1-8H3. The zero-order valence-corrected chi connectivity index (χ0v) is 74.2. The summed E-state index contributed by atoms with van der Waals surface area (Å²) in [5.74, 6) is 0. The van der Waals surface area contributed by atoms with Crippen LogP contribution in [0.25, 0.3) is 151 Å². The normalized spacial score (nSPS) is 12.8. The van der Waals surface area contributed by atoms with Crippen molar-refractivity contribution in [3.63, 3.8) is 0 Å². The molecule has 0 saturated heterocycles. The van der Waals surface area contributed by atoms with Gasteiger partial charge in [0.1, 0.15) is 0 Å². The van der Waals surface area contributed by atoms with Gasteiger partial charge in [-0.2, -0.15) is 0 Å². The molecule has 11 aromatic carbocycles. The maximum Gasteiger partial charge on any atom is 0.261 e. The second-order valence-electron chi connectivity index (χ2n) is 37.2. The van der Waals surface area contributed by atoms with Gasteiger partial charge < -0.3 is 0 Å². The predicted molar refractivity (Wildman–Crippen MR) is 515 cm³/mol. The highest BCUT2D eigenvalue weighted by atomic mass is 16.2. The van der Waals surface area contributed by atoms with Gasteiger partial charge in [0.2, 0.25) is 0 Å². The number of fused-ring (bicyclic) bond motifs is 4. The highest BCUT2D eigenvalue weighted by Crippen LogP contribution is 2.55. The van der Waals surface area contributed by atoms with E-state index >= 15 is 38.4 Å².